The lowest BCUT2D eigenvalue weighted by atomic mass is 9.89. The SMILES string of the molecule is C[C@@H](C(=O)C1(N)N=C(c2ccccc2)c2ccccc2N(C)C1=O)[C@H](O)COC1CCCCC1. The third-order valence-corrected chi connectivity index (χ3v) is 6.91. The number of carbonyl (C=O) groups excluding carboxylic acids is 2. The molecule has 2 aromatic rings. The Bertz CT molecular complexity index is 1060. The molecule has 180 valence electrons. The Hall–Kier alpha value is -2.87. The minimum absolute atomic E-state index is 0.0210. The highest BCUT2D eigenvalue weighted by atomic mass is 16.5. The van der Waals surface area contributed by atoms with Gasteiger partial charge in [0.05, 0.1) is 30.2 Å². The molecule has 1 unspecified atom stereocenters. The van der Waals surface area contributed by atoms with E-state index >= 15 is 0 Å². The van der Waals surface area contributed by atoms with Gasteiger partial charge in [-0.3, -0.25) is 15.3 Å². The normalized spacial score (nSPS) is 23.0. The summed E-state index contributed by atoms with van der Waals surface area (Å²) in [7, 11) is 1.59. The van der Waals surface area contributed by atoms with Gasteiger partial charge in [-0.1, -0.05) is 74.7 Å². The van der Waals surface area contributed by atoms with E-state index in [1.54, 1.807) is 20.0 Å². The van der Waals surface area contributed by atoms with Crippen molar-refractivity contribution in [2.24, 2.45) is 16.6 Å². The summed E-state index contributed by atoms with van der Waals surface area (Å²) in [6.07, 6.45) is 4.35. The van der Waals surface area contributed by atoms with Gasteiger partial charge in [0, 0.05) is 24.1 Å². The Balaban J connectivity index is 1.66. The zero-order valence-electron chi connectivity index (χ0n) is 19.8. The number of hydrogen-bond acceptors (Lipinski definition) is 6. The third kappa shape index (κ3) is 4.69. The van der Waals surface area contributed by atoms with Crippen molar-refractivity contribution in [1.82, 2.24) is 0 Å². The maximum atomic E-state index is 13.7. The van der Waals surface area contributed by atoms with Crippen molar-refractivity contribution in [3.63, 3.8) is 0 Å². The van der Waals surface area contributed by atoms with Crippen LogP contribution < -0.4 is 10.6 Å². The average Bonchev–Trinajstić information content (AvgIpc) is 2.97. The van der Waals surface area contributed by atoms with E-state index in [0.29, 0.717) is 17.0 Å². The fraction of sp³-hybridized carbons (Fsp3) is 0.444. The van der Waals surface area contributed by atoms with Crippen molar-refractivity contribution in [2.45, 2.75) is 56.9 Å². The lowest BCUT2D eigenvalue weighted by molar-refractivity contribution is -0.140. The fourth-order valence-corrected chi connectivity index (χ4v) is 4.73. The smallest absolute Gasteiger partial charge is 0.277 e. The van der Waals surface area contributed by atoms with Crippen molar-refractivity contribution in [1.29, 1.82) is 0 Å². The van der Waals surface area contributed by atoms with Crippen LogP contribution in [0.4, 0.5) is 5.69 Å². The predicted molar refractivity (Wildman–Crippen MR) is 132 cm³/mol. The van der Waals surface area contributed by atoms with E-state index in [9.17, 15) is 14.7 Å². The molecule has 1 aliphatic carbocycles. The molecule has 0 saturated heterocycles. The van der Waals surface area contributed by atoms with Gasteiger partial charge in [0.25, 0.3) is 5.91 Å². The molecule has 7 heteroatoms. The zero-order chi connectivity index (χ0) is 24.3. The molecule has 34 heavy (non-hydrogen) atoms. The standard InChI is InChI=1S/C27H33N3O4/c1-18(23(31)17-34-20-13-7-4-8-14-20)25(32)27(28)26(33)30(2)22-16-10-9-15-21(22)24(29-27)19-11-5-3-6-12-19/h3,5-6,9-12,15-16,18,20,23,31H,4,7-8,13-14,17,28H2,1-2H3/t18-,23-,27?/m1/s1. The monoisotopic (exact) mass is 463 g/mol. The van der Waals surface area contributed by atoms with Crippen LogP contribution in [0.1, 0.15) is 50.2 Å². The van der Waals surface area contributed by atoms with Gasteiger partial charge in [0.2, 0.25) is 5.66 Å². The lowest BCUT2D eigenvalue weighted by Gasteiger charge is -2.31. The number of ketones is 1. The van der Waals surface area contributed by atoms with E-state index in [1.807, 2.05) is 48.5 Å². The van der Waals surface area contributed by atoms with Gasteiger partial charge in [-0.25, -0.2) is 4.99 Å². The molecule has 1 aliphatic heterocycles. The first-order valence-electron chi connectivity index (χ1n) is 12.0. The molecule has 0 bridgehead atoms. The molecule has 1 heterocycles. The number of nitrogens with zero attached hydrogens (tertiary/aromatic N) is 2. The number of hydrogen-bond donors (Lipinski definition) is 2. The third-order valence-electron chi connectivity index (χ3n) is 6.91. The lowest BCUT2D eigenvalue weighted by Crippen LogP contribution is -2.61. The van der Waals surface area contributed by atoms with E-state index in [4.69, 9.17) is 10.5 Å². The number of carbonyl (C=O) groups is 2. The molecule has 1 saturated carbocycles. The van der Waals surface area contributed by atoms with Crippen LogP contribution >= 0.6 is 0 Å². The van der Waals surface area contributed by atoms with Crippen LogP contribution in [-0.4, -0.2) is 54.0 Å². The van der Waals surface area contributed by atoms with E-state index < -0.39 is 29.4 Å². The summed E-state index contributed by atoms with van der Waals surface area (Å²) < 4.78 is 5.88. The Morgan fingerprint density at radius 1 is 1.15 bits per heavy atom. The topological polar surface area (TPSA) is 105 Å². The first-order chi connectivity index (χ1) is 16.3. The number of nitrogens with two attached hydrogens (primary N) is 1. The van der Waals surface area contributed by atoms with E-state index in [0.717, 1.165) is 31.2 Å². The van der Waals surface area contributed by atoms with Crippen LogP contribution in [0.3, 0.4) is 0 Å². The van der Waals surface area contributed by atoms with Crippen LogP contribution in [0.25, 0.3) is 0 Å². The number of rotatable bonds is 7. The van der Waals surface area contributed by atoms with Crippen LogP contribution in [-0.2, 0) is 14.3 Å². The number of anilines is 1. The fourth-order valence-electron chi connectivity index (χ4n) is 4.73. The highest BCUT2D eigenvalue weighted by molar-refractivity contribution is 6.25. The number of para-hydroxylation sites is 1. The summed E-state index contributed by atoms with van der Waals surface area (Å²) in [4.78, 5) is 33.2. The van der Waals surface area contributed by atoms with E-state index in [2.05, 4.69) is 4.99 Å². The first kappa shape index (κ1) is 24.3. The van der Waals surface area contributed by atoms with Crippen LogP contribution in [0.15, 0.2) is 59.6 Å². The minimum atomic E-state index is -2.18. The van der Waals surface area contributed by atoms with Gasteiger partial charge in [-0.15, -0.1) is 0 Å². The molecule has 2 aliphatic rings. The average molecular weight is 464 g/mol. The number of aliphatic imine (C=N–C) groups is 1. The number of benzene rings is 2. The van der Waals surface area contributed by atoms with Crippen molar-refractivity contribution < 1.29 is 19.4 Å². The van der Waals surface area contributed by atoms with E-state index in [1.165, 1.54) is 11.3 Å². The predicted octanol–water partition coefficient (Wildman–Crippen LogP) is 3.07. The molecule has 3 atom stereocenters. The number of ether oxygens (including phenoxy) is 1. The summed E-state index contributed by atoms with van der Waals surface area (Å²) in [5.41, 5.74) is 6.89. The number of amides is 1. The molecule has 0 aromatic heterocycles. The van der Waals surface area contributed by atoms with Gasteiger partial charge in [0.1, 0.15) is 0 Å². The van der Waals surface area contributed by atoms with Gasteiger partial charge in [-0.05, 0) is 18.9 Å². The molecular weight excluding hydrogens is 430 g/mol. The molecule has 4 rings (SSSR count). The quantitative estimate of drug-likeness (QED) is 0.614. The second-order valence-electron chi connectivity index (χ2n) is 9.29. The Labute approximate surface area is 200 Å². The Morgan fingerprint density at radius 3 is 2.50 bits per heavy atom. The summed E-state index contributed by atoms with van der Waals surface area (Å²) in [5, 5.41) is 10.8. The van der Waals surface area contributed by atoms with Crippen molar-refractivity contribution in [2.75, 3.05) is 18.6 Å². The number of aliphatic hydroxyl groups excluding tert-OH is 1. The molecule has 3 N–H and O–H groups in total. The molecule has 0 radical (unpaired) electrons. The molecule has 1 fully saturated rings. The van der Waals surface area contributed by atoms with E-state index in [-0.39, 0.29) is 12.7 Å². The van der Waals surface area contributed by atoms with Crippen molar-refractivity contribution in [3.05, 3.63) is 65.7 Å². The second kappa shape index (κ2) is 10.2. The van der Waals surface area contributed by atoms with Crippen LogP contribution in [0, 0.1) is 5.92 Å². The summed E-state index contributed by atoms with van der Waals surface area (Å²) in [5.74, 6) is -2.21. The summed E-state index contributed by atoms with van der Waals surface area (Å²) in [6, 6.07) is 16.7. The summed E-state index contributed by atoms with van der Waals surface area (Å²) in [6.45, 7) is 1.60. The number of likely N-dealkylation sites (N-methyl/N-ethyl adjacent to an activating group) is 1. The first-order valence-corrected chi connectivity index (χ1v) is 12.0. The number of Topliss-reactive ketones (excluding diaryl/α,β-unsaturated/α-hetero) is 1. The van der Waals surface area contributed by atoms with Crippen molar-refractivity contribution >= 4 is 23.1 Å². The highest BCUT2D eigenvalue weighted by Crippen LogP contribution is 2.31. The number of aliphatic hydroxyl groups is 1. The number of fused-ring (bicyclic) bond motifs is 1. The Morgan fingerprint density at radius 2 is 1.79 bits per heavy atom. The molecule has 2 aromatic carbocycles. The van der Waals surface area contributed by atoms with Gasteiger partial charge in [-0.2, -0.15) is 0 Å². The maximum absolute atomic E-state index is 13.7. The largest absolute Gasteiger partial charge is 0.390 e. The maximum Gasteiger partial charge on any atom is 0.277 e. The molecule has 7 nitrogen and oxygen atoms in total. The summed E-state index contributed by atoms with van der Waals surface area (Å²) >= 11 is 0. The minimum Gasteiger partial charge on any atom is -0.390 e. The second-order valence-corrected chi connectivity index (χ2v) is 9.29. The Kier molecular flexibility index (Phi) is 7.26. The van der Waals surface area contributed by atoms with Gasteiger partial charge >= 0.3 is 0 Å². The van der Waals surface area contributed by atoms with Crippen LogP contribution in [0.5, 0.6) is 0 Å². The zero-order valence-corrected chi connectivity index (χ0v) is 19.8. The van der Waals surface area contributed by atoms with Gasteiger partial charge < -0.3 is 14.7 Å². The number of benzodiazepines with no additional fused rings is 1. The highest BCUT2D eigenvalue weighted by Gasteiger charge is 2.49. The van der Waals surface area contributed by atoms with Crippen LogP contribution in [0.2, 0.25) is 0 Å². The van der Waals surface area contributed by atoms with Gasteiger partial charge in [0.15, 0.2) is 5.78 Å². The molecule has 0 spiro atoms. The van der Waals surface area contributed by atoms with Crippen molar-refractivity contribution in [3.8, 4) is 0 Å². The molecule has 1 amide bonds. The molecular formula is C27H33N3O4.